The number of hydrogen-bond donors (Lipinski definition) is 0. The molecule has 0 saturated heterocycles. The summed E-state index contributed by atoms with van der Waals surface area (Å²) in [7, 11) is 3.77. The molecule has 0 amide bonds. The summed E-state index contributed by atoms with van der Waals surface area (Å²) in [5.74, 6) is -1.60. The van der Waals surface area contributed by atoms with E-state index in [2.05, 4.69) is 31.9 Å². The van der Waals surface area contributed by atoms with Gasteiger partial charge in [-0.1, -0.05) is 43.4 Å². The molecule has 2 aromatic carbocycles. The third-order valence-electron chi connectivity index (χ3n) is 4.32. The van der Waals surface area contributed by atoms with Crippen LogP contribution in [0.4, 0.5) is 0 Å². The van der Waals surface area contributed by atoms with E-state index in [0.29, 0.717) is 58.8 Å². The second-order valence-electron chi connectivity index (χ2n) is 7.84. The maximum absolute atomic E-state index is 12.2. The SMILES string of the molecule is CC#N.CC(=O)[O-].CN(CCN(C)Cc1cc(Br)cc(C=O)c1[O-])Cc1cc(Br)cc(C=O)c1[O-].O=[N+]([O-])[O-].O=[N+]([O-])[O-].[Er+3].[Zn+2]. The van der Waals surface area contributed by atoms with Gasteiger partial charge in [0.2, 0.25) is 0 Å². The molecular weight excluding hydrogens is 943 g/mol. The summed E-state index contributed by atoms with van der Waals surface area (Å²) in [5.41, 5.74) is 1.37. The Balaban J connectivity index is -0.000000263. The minimum absolute atomic E-state index is 0. The Morgan fingerprint density at radius 1 is 0.844 bits per heavy atom. The van der Waals surface area contributed by atoms with Crippen molar-refractivity contribution < 1.29 is 96.7 Å². The fraction of sp³-hybridized carbons (Fsp3) is 0.333. The van der Waals surface area contributed by atoms with Crippen LogP contribution in [0.1, 0.15) is 45.7 Å². The zero-order valence-corrected chi connectivity index (χ0v) is 32.2. The van der Waals surface area contributed by atoms with E-state index < -0.39 is 16.1 Å². The van der Waals surface area contributed by atoms with Crippen LogP contribution in [0.25, 0.3) is 0 Å². The Hall–Kier alpha value is -2.51. The molecule has 1 radical (unpaired) electrons. The van der Waals surface area contributed by atoms with Gasteiger partial charge in [0, 0.05) is 59.1 Å². The summed E-state index contributed by atoms with van der Waals surface area (Å²) in [5, 5.41) is 70.2. The molecule has 0 fully saturated rings. The average Bonchev–Trinajstić information content (AvgIpc) is 2.86. The van der Waals surface area contributed by atoms with Gasteiger partial charge in [0.05, 0.1) is 16.2 Å². The Bertz CT molecular complexity index is 1160. The van der Waals surface area contributed by atoms with E-state index in [1.54, 1.807) is 18.2 Å². The molecule has 247 valence electrons. The quantitative estimate of drug-likeness (QED) is 0.148. The zero-order chi connectivity index (χ0) is 34.3. The molecule has 0 N–H and O–H groups in total. The first kappa shape index (κ1) is 52.0. The smallest absolute Gasteiger partial charge is 0.872 e. The zero-order valence-electron chi connectivity index (χ0n) is 24.2. The Labute approximate surface area is 317 Å². The number of aliphatic carboxylic acids is 1. The van der Waals surface area contributed by atoms with E-state index in [1.165, 1.54) is 19.1 Å². The van der Waals surface area contributed by atoms with Gasteiger partial charge in [0.15, 0.2) is 0 Å². The summed E-state index contributed by atoms with van der Waals surface area (Å²) >= 11 is 6.64. The van der Waals surface area contributed by atoms with E-state index in [-0.39, 0.29) is 79.4 Å². The molecular formula is C24H26Br2ErN5O12Zn. The molecule has 45 heavy (non-hydrogen) atoms. The number of carboxylic acids is 1. The normalized spacial score (nSPS) is 8.78. The molecule has 2 aromatic rings. The fourth-order valence-electron chi connectivity index (χ4n) is 2.84. The molecule has 2 rings (SSSR count). The van der Waals surface area contributed by atoms with Crippen molar-refractivity contribution in [2.45, 2.75) is 26.9 Å². The summed E-state index contributed by atoms with van der Waals surface area (Å²) in [6.45, 7) is 4.53. The van der Waals surface area contributed by atoms with Crippen molar-refractivity contribution in [3.05, 3.63) is 86.1 Å². The maximum atomic E-state index is 12.2. The number of hydrogen-bond acceptors (Lipinski definition) is 15. The first-order valence-electron chi connectivity index (χ1n) is 11.2. The molecule has 0 spiro atoms. The van der Waals surface area contributed by atoms with Crippen LogP contribution < -0.4 is 15.3 Å². The number of likely N-dealkylation sites (N-methyl/N-ethyl adjacent to an activating group) is 2. The van der Waals surface area contributed by atoms with Gasteiger partial charge >= 0.3 is 56.8 Å². The minimum Gasteiger partial charge on any atom is -0.872 e. The summed E-state index contributed by atoms with van der Waals surface area (Å²) < 4.78 is 1.39. The monoisotopic (exact) mass is 964 g/mol. The van der Waals surface area contributed by atoms with Crippen LogP contribution in [0.2, 0.25) is 0 Å². The standard InChI is InChI=1S/C20H22Br2N2O4.C2H3N.C2H4O2.Er.2NO3.Zn/c1-23(9-13-5-17(21)7-15(11-25)19(13)27)3-4-24(2)10-14-6-18(22)8-16(12-26)20(14)28;1-2-3;1-2(3)4;;2*2-1(3)4;/h5-8,11-12,27-28H,3-4,9-10H2,1-2H3;1H3;1H3,(H,3,4);;;;/q;;;+3;2*-1;+2/p-3. The molecule has 0 heterocycles. The first-order chi connectivity index (χ1) is 19.9. The second kappa shape index (κ2) is 30.2. The van der Waals surface area contributed by atoms with Gasteiger partial charge in [0.25, 0.3) is 0 Å². The van der Waals surface area contributed by atoms with E-state index in [0.717, 1.165) is 6.92 Å². The number of carbonyl (C=O) groups is 3. The average molecular weight is 969 g/mol. The van der Waals surface area contributed by atoms with Crippen molar-refractivity contribution in [2.24, 2.45) is 0 Å². The number of rotatable bonds is 9. The third-order valence-corrected chi connectivity index (χ3v) is 5.23. The number of carbonyl (C=O) groups excluding carboxylic acids is 3. The maximum Gasteiger partial charge on any atom is 3.00 e. The summed E-state index contributed by atoms with van der Waals surface area (Å²) in [6.07, 6.45) is 1.13. The largest absolute Gasteiger partial charge is 3.00 e. The molecule has 0 aliphatic carbocycles. The van der Waals surface area contributed by atoms with E-state index >= 15 is 0 Å². The second-order valence-corrected chi connectivity index (χ2v) is 9.67. The fourth-order valence-corrected chi connectivity index (χ4v) is 3.88. The molecule has 0 aliphatic rings. The number of benzene rings is 2. The number of carboxylic acid groups (broad SMARTS) is 1. The molecule has 0 aromatic heterocycles. The van der Waals surface area contributed by atoms with Crippen molar-refractivity contribution in [2.75, 3.05) is 27.2 Å². The van der Waals surface area contributed by atoms with Crippen molar-refractivity contribution in [1.82, 2.24) is 9.80 Å². The number of nitriles is 1. The third kappa shape index (κ3) is 29.9. The molecule has 0 saturated carbocycles. The molecule has 21 heteroatoms. The summed E-state index contributed by atoms with van der Waals surface area (Å²) in [4.78, 5) is 51.4. The van der Waals surface area contributed by atoms with E-state index in [9.17, 15) is 19.8 Å². The van der Waals surface area contributed by atoms with Gasteiger partial charge in [-0.2, -0.15) is 5.26 Å². The minimum atomic E-state index is -1.75. The van der Waals surface area contributed by atoms with Crippen molar-refractivity contribution >= 4 is 50.4 Å². The Morgan fingerprint density at radius 3 is 1.27 bits per heavy atom. The van der Waals surface area contributed by atoms with Crippen LogP contribution in [-0.4, -0.2) is 65.7 Å². The Morgan fingerprint density at radius 2 is 1.07 bits per heavy atom. The number of aldehydes is 2. The molecule has 0 aliphatic heterocycles. The van der Waals surface area contributed by atoms with Crippen LogP contribution in [0.5, 0.6) is 11.5 Å². The van der Waals surface area contributed by atoms with E-state index in [1.807, 2.05) is 23.9 Å². The van der Waals surface area contributed by atoms with Crippen LogP contribution >= 0.6 is 31.9 Å². The van der Waals surface area contributed by atoms with Gasteiger partial charge in [0.1, 0.15) is 12.6 Å². The van der Waals surface area contributed by atoms with Gasteiger partial charge < -0.3 is 60.6 Å². The molecule has 17 nitrogen and oxygen atoms in total. The number of nitrogens with zero attached hydrogens (tertiary/aromatic N) is 5. The molecule has 0 unspecified atom stereocenters. The van der Waals surface area contributed by atoms with Crippen molar-refractivity contribution in [3.63, 3.8) is 0 Å². The van der Waals surface area contributed by atoms with Crippen LogP contribution in [0.3, 0.4) is 0 Å². The Kier molecular flexibility index (Phi) is 34.9. The van der Waals surface area contributed by atoms with Crippen molar-refractivity contribution in [3.8, 4) is 17.6 Å². The van der Waals surface area contributed by atoms with Gasteiger partial charge in [-0.3, -0.25) is 9.59 Å². The van der Waals surface area contributed by atoms with Gasteiger partial charge in [-0.05, 0) is 56.4 Å². The van der Waals surface area contributed by atoms with Gasteiger partial charge in [-0.15, -0.1) is 0 Å². The van der Waals surface area contributed by atoms with Crippen LogP contribution in [0.15, 0.2) is 33.2 Å². The van der Waals surface area contributed by atoms with Crippen molar-refractivity contribution in [1.29, 1.82) is 5.26 Å². The topological polar surface area (TPSA) is 283 Å². The first-order valence-corrected chi connectivity index (χ1v) is 12.8. The van der Waals surface area contributed by atoms with Crippen LogP contribution in [-0.2, 0) is 37.4 Å². The number of halogens is 2. The summed E-state index contributed by atoms with van der Waals surface area (Å²) in [6, 6.07) is 8.22. The van der Waals surface area contributed by atoms with E-state index in [4.69, 9.17) is 45.8 Å². The van der Waals surface area contributed by atoms with Crippen LogP contribution in [0, 0.1) is 79.3 Å². The molecule has 0 atom stereocenters. The molecule has 0 bridgehead atoms. The predicted molar refractivity (Wildman–Crippen MR) is 153 cm³/mol. The predicted octanol–water partition coefficient (Wildman–Crippen LogP) is 1.35. The van der Waals surface area contributed by atoms with Gasteiger partial charge in [-0.25, -0.2) is 0 Å².